The second-order valence-electron chi connectivity index (χ2n) is 8.49. The summed E-state index contributed by atoms with van der Waals surface area (Å²) < 4.78 is 5.78. The molecular weight excluding hydrogens is 466 g/mol. The summed E-state index contributed by atoms with van der Waals surface area (Å²) in [6, 6.07) is 29.9. The lowest BCUT2D eigenvalue weighted by Gasteiger charge is -2.16. The zero-order chi connectivity index (χ0) is 26.2. The van der Waals surface area contributed by atoms with E-state index in [4.69, 9.17) is 10.5 Å². The first-order valence-corrected chi connectivity index (χ1v) is 11.8. The predicted octanol–water partition coefficient (Wildman–Crippen LogP) is 5.11. The van der Waals surface area contributed by atoms with Crippen LogP contribution in [0.1, 0.15) is 55.2 Å². The van der Waals surface area contributed by atoms with E-state index in [9.17, 15) is 14.4 Å². The van der Waals surface area contributed by atoms with Gasteiger partial charge in [-0.05, 0) is 66.6 Å². The Morgan fingerprint density at radius 3 is 2.27 bits per heavy atom. The van der Waals surface area contributed by atoms with Gasteiger partial charge in [0, 0.05) is 16.8 Å². The number of anilines is 1. The highest BCUT2D eigenvalue weighted by Crippen LogP contribution is 2.21. The molecule has 1 unspecified atom stereocenters. The Labute approximate surface area is 215 Å². The molecule has 0 aromatic heterocycles. The summed E-state index contributed by atoms with van der Waals surface area (Å²) in [4.78, 5) is 37.0. The van der Waals surface area contributed by atoms with Crippen molar-refractivity contribution in [3.63, 3.8) is 0 Å². The van der Waals surface area contributed by atoms with Crippen LogP contribution < -0.4 is 21.1 Å². The van der Waals surface area contributed by atoms with Gasteiger partial charge in [0.15, 0.2) is 0 Å². The molecule has 0 aliphatic carbocycles. The molecular formula is C30H27N3O4. The molecule has 186 valence electrons. The van der Waals surface area contributed by atoms with Crippen molar-refractivity contribution < 1.29 is 19.1 Å². The second-order valence-corrected chi connectivity index (χ2v) is 8.49. The normalized spacial score (nSPS) is 11.3. The van der Waals surface area contributed by atoms with E-state index in [0.717, 1.165) is 11.1 Å². The second kappa shape index (κ2) is 11.7. The van der Waals surface area contributed by atoms with Crippen molar-refractivity contribution in [2.75, 3.05) is 5.32 Å². The number of amides is 3. The van der Waals surface area contributed by atoms with Crippen molar-refractivity contribution in [3.8, 4) is 5.75 Å². The minimum absolute atomic E-state index is 0.171. The Morgan fingerprint density at radius 1 is 0.784 bits per heavy atom. The number of hydrogen-bond acceptors (Lipinski definition) is 4. The van der Waals surface area contributed by atoms with Gasteiger partial charge in [-0.1, -0.05) is 54.6 Å². The van der Waals surface area contributed by atoms with E-state index in [1.165, 1.54) is 0 Å². The van der Waals surface area contributed by atoms with E-state index in [1.54, 1.807) is 60.7 Å². The van der Waals surface area contributed by atoms with Crippen LogP contribution in [0, 0.1) is 0 Å². The van der Waals surface area contributed by atoms with E-state index in [2.05, 4.69) is 10.6 Å². The van der Waals surface area contributed by atoms with Crippen LogP contribution >= 0.6 is 0 Å². The third-order valence-corrected chi connectivity index (χ3v) is 5.76. The topological polar surface area (TPSA) is 111 Å². The number of nitrogens with one attached hydrogen (secondary N) is 2. The predicted molar refractivity (Wildman–Crippen MR) is 142 cm³/mol. The molecule has 7 heteroatoms. The Balaban J connectivity index is 1.39. The molecule has 0 bridgehead atoms. The molecule has 37 heavy (non-hydrogen) atoms. The largest absolute Gasteiger partial charge is 0.488 e. The minimum atomic E-state index is -0.568. The van der Waals surface area contributed by atoms with E-state index < -0.39 is 5.91 Å². The van der Waals surface area contributed by atoms with Crippen LogP contribution in [0.4, 0.5) is 5.69 Å². The van der Waals surface area contributed by atoms with Crippen LogP contribution in [-0.2, 0) is 6.61 Å². The van der Waals surface area contributed by atoms with Gasteiger partial charge in [0.1, 0.15) is 12.4 Å². The maximum Gasteiger partial charge on any atom is 0.255 e. The molecule has 0 aliphatic rings. The van der Waals surface area contributed by atoms with Crippen LogP contribution in [-0.4, -0.2) is 17.7 Å². The first kappa shape index (κ1) is 25.2. The van der Waals surface area contributed by atoms with Gasteiger partial charge in [0.05, 0.1) is 11.6 Å². The van der Waals surface area contributed by atoms with Gasteiger partial charge in [0.2, 0.25) is 0 Å². The molecule has 4 N–H and O–H groups in total. The molecule has 0 radical (unpaired) electrons. The molecule has 0 fully saturated rings. The Bertz CT molecular complexity index is 1420. The number of rotatable bonds is 9. The third-order valence-electron chi connectivity index (χ3n) is 5.76. The molecule has 1 atom stereocenters. The van der Waals surface area contributed by atoms with Crippen LogP contribution in [0.15, 0.2) is 103 Å². The molecule has 0 saturated carbocycles. The number of carbonyl (C=O) groups excluding carboxylic acids is 3. The van der Waals surface area contributed by atoms with Crippen molar-refractivity contribution in [3.05, 3.63) is 131 Å². The van der Waals surface area contributed by atoms with Crippen molar-refractivity contribution in [1.82, 2.24) is 5.32 Å². The fourth-order valence-electron chi connectivity index (χ4n) is 3.80. The highest BCUT2D eigenvalue weighted by molar-refractivity contribution is 6.04. The fraction of sp³-hybridized carbons (Fsp3) is 0.100. The van der Waals surface area contributed by atoms with E-state index >= 15 is 0 Å². The number of benzene rings is 4. The number of ether oxygens (including phenoxy) is 1. The average molecular weight is 494 g/mol. The molecule has 0 heterocycles. The summed E-state index contributed by atoms with van der Waals surface area (Å²) in [6.45, 7) is 2.05. The molecule has 4 rings (SSSR count). The van der Waals surface area contributed by atoms with Gasteiger partial charge in [-0.3, -0.25) is 14.4 Å². The Hall–Kier alpha value is -4.91. The maximum atomic E-state index is 13.0. The third kappa shape index (κ3) is 6.61. The van der Waals surface area contributed by atoms with Gasteiger partial charge in [-0.2, -0.15) is 0 Å². The summed E-state index contributed by atoms with van der Waals surface area (Å²) in [7, 11) is 0. The number of nitrogens with two attached hydrogens (primary N) is 1. The molecule has 4 aromatic rings. The molecule has 0 aliphatic heterocycles. The number of primary amides is 1. The number of carbonyl (C=O) groups is 3. The first-order chi connectivity index (χ1) is 17.9. The summed E-state index contributed by atoms with van der Waals surface area (Å²) in [5, 5.41) is 5.89. The number of para-hydroxylation sites is 1. The smallest absolute Gasteiger partial charge is 0.255 e. The quantitative estimate of drug-likeness (QED) is 0.301. The Kier molecular flexibility index (Phi) is 7.95. The van der Waals surface area contributed by atoms with Crippen LogP contribution in [0.2, 0.25) is 0 Å². The van der Waals surface area contributed by atoms with E-state index in [-0.39, 0.29) is 24.5 Å². The van der Waals surface area contributed by atoms with Gasteiger partial charge in [-0.15, -0.1) is 0 Å². The molecule has 3 amide bonds. The lowest BCUT2D eigenvalue weighted by atomic mass is 10.1. The van der Waals surface area contributed by atoms with Gasteiger partial charge < -0.3 is 21.1 Å². The minimum Gasteiger partial charge on any atom is -0.488 e. The molecule has 4 aromatic carbocycles. The maximum absolute atomic E-state index is 13.0. The average Bonchev–Trinajstić information content (AvgIpc) is 2.92. The van der Waals surface area contributed by atoms with Gasteiger partial charge in [0.25, 0.3) is 17.7 Å². The van der Waals surface area contributed by atoms with Crippen molar-refractivity contribution in [2.24, 2.45) is 5.73 Å². The summed E-state index contributed by atoms with van der Waals surface area (Å²) in [5.41, 5.74) is 9.01. The SMILES string of the molecule is CC(NC(=O)c1cccc(COc2ccccc2C(N)=O)c1)c1cccc(NC(=O)c2ccccc2)c1. The zero-order valence-electron chi connectivity index (χ0n) is 20.3. The van der Waals surface area contributed by atoms with Gasteiger partial charge >= 0.3 is 0 Å². The molecule has 0 spiro atoms. The molecule has 7 nitrogen and oxygen atoms in total. The van der Waals surface area contributed by atoms with Crippen molar-refractivity contribution in [2.45, 2.75) is 19.6 Å². The lowest BCUT2D eigenvalue weighted by molar-refractivity contribution is 0.0938. The van der Waals surface area contributed by atoms with Crippen LogP contribution in [0.3, 0.4) is 0 Å². The van der Waals surface area contributed by atoms with Crippen molar-refractivity contribution in [1.29, 1.82) is 0 Å². The zero-order valence-corrected chi connectivity index (χ0v) is 20.3. The number of hydrogen-bond donors (Lipinski definition) is 3. The highest BCUT2D eigenvalue weighted by Gasteiger charge is 2.14. The van der Waals surface area contributed by atoms with Crippen molar-refractivity contribution >= 4 is 23.4 Å². The molecule has 0 saturated heterocycles. The monoisotopic (exact) mass is 493 g/mol. The highest BCUT2D eigenvalue weighted by atomic mass is 16.5. The van der Waals surface area contributed by atoms with Gasteiger partial charge in [-0.25, -0.2) is 0 Å². The lowest BCUT2D eigenvalue weighted by Crippen LogP contribution is -2.26. The van der Waals surface area contributed by atoms with E-state index in [0.29, 0.717) is 28.1 Å². The summed E-state index contributed by atoms with van der Waals surface area (Å²) >= 11 is 0. The summed E-state index contributed by atoms with van der Waals surface area (Å²) in [5.74, 6) is -0.628. The van der Waals surface area contributed by atoms with Crippen LogP contribution in [0.5, 0.6) is 5.75 Å². The van der Waals surface area contributed by atoms with Crippen LogP contribution in [0.25, 0.3) is 0 Å². The van der Waals surface area contributed by atoms with E-state index in [1.807, 2.05) is 49.4 Å². The standard InChI is InChI=1S/C30H27N3O4/c1-20(23-12-8-14-25(18-23)33-29(35)22-10-3-2-4-11-22)32-30(36)24-13-7-9-21(17-24)19-37-27-16-6-5-15-26(27)28(31)34/h2-18,20H,19H2,1H3,(H2,31,34)(H,32,36)(H,33,35). The summed E-state index contributed by atoms with van der Waals surface area (Å²) in [6.07, 6.45) is 0. The Morgan fingerprint density at radius 2 is 1.49 bits per heavy atom. The first-order valence-electron chi connectivity index (χ1n) is 11.8. The fourth-order valence-corrected chi connectivity index (χ4v) is 3.80.